The van der Waals surface area contributed by atoms with Crippen molar-refractivity contribution in [1.29, 1.82) is 0 Å². The summed E-state index contributed by atoms with van der Waals surface area (Å²) in [7, 11) is 1.68. The van der Waals surface area contributed by atoms with Crippen molar-refractivity contribution in [1.82, 2.24) is 10.6 Å². The second kappa shape index (κ2) is 7.76. The fraction of sp³-hybridized carbons (Fsp3) is 0.533. The molecule has 1 aromatic carbocycles. The Hall–Kier alpha value is -0.910. The quantitative estimate of drug-likeness (QED) is 0.710. The first-order valence-corrected chi connectivity index (χ1v) is 7.74. The predicted octanol–water partition coefficient (Wildman–Crippen LogP) is 1.90. The van der Waals surface area contributed by atoms with Crippen molar-refractivity contribution in [3.63, 3.8) is 0 Å². The zero-order chi connectivity index (χ0) is 14.4. The largest absolute Gasteiger partial charge is 0.383 e. The van der Waals surface area contributed by atoms with E-state index in [0.717, 1.165) is 24.0 Å². The molecule has 0 aliphatic heterocycles. The molecule has 0 spiro atoms. The van der Waals surface area contributed by atoms with Crippen molar-refractivity contribution >= 4 is 21.8 Å². The third kappa shape index (κ3) is 4.58. The number of carbonyl (C=O) groups excluding carboxylic acids is 1. The van der Waals surface area contributed by atoms with Gasteiger partial charge in [0.2, 0.25) is 5.91 Å². The molecule has 1 fully saturated rings. The zero-order valence-corrected chi connectivity index (χ0v) is 13.3. The Kier molecular flexibility index (Phi) is 6.01. The van der Waals surface area contributed by atoms with Crippen LogP contribution in [-0.4, -0.2) is 39.3 Å². The molecule has 5 heteroatoms. The Morgan fingerprint density at radius 2 is 2.25 bits per heavy atom. The molecular formula is C15H21BrN2O2. The van der Waals surface area contributed by atoms with Gasteiger partial charge in [0, 0.05) is 37.1 Å². The number of halogens is 1. The summed E-state index contributed by atoms with van der Waals surface area (Å²) in [6.45, 7) is 2.96. The highest BCUT2D eigenvalue weighted by Gasteiger charge is 2.43. The first-order valence-electron chi connectivity index (χ1n) is 6.95. The molecule has 2 unspecified atom stereocenters. The van der Waals surface area contributed by atoms with Crippen molar-refractivity contribution in [3.05, 3.63) is 34.3 Å². The molecule has 20 heavy (non-hydrogen) atoms. The molecule has 0 saturated heterocycles. The Morgan fingerprint density at radius 3 is 3.00 bits per heavy atom. The second-order valence-electron chi connectivity index (χ2n) is 5.04. The summed E-state index contributed by atoms with van der Waals surface area (Å²) in [4.78, 5) is 12.0. The average molecular weight is 341 g/mol. The molecule has 2 N–H and O–H groups in total. The van der Waals surface area contributed by atoms with Gasteiger partial charge in [0.15, 0.2) is 0 Å². The van der Waals surface area contributed by atoms with Gasteiger partial charge < -0.3 is 15.4 Å². The van der Waals surface area contributed by atoms with Crippen molar-refractivity contribution in [3.8, 4) is 0 Å². The lowest BCUT2D eigenvalue weighted by molar-refractivity contribution is -0.122. The fourth-order valence-corrected chi connectivity index (χ4v) is 2.71. The molecule has 0 radical (unpaired) electrons. The fourth-order valence-electron chi connectivity index (χ4n) is 2.29. The van der Waals surface area contributed by atoms with Crippen LogP contribution < -0.4 is 10.6 Å². The van der Waals surface area contributed by atoms with E-state index in [1.165, 1.54) is 5.56 Å². The third-order valence-electron chi connectivity index (χ3n) is 3.49. The van der Waals surface area contributed by atoms with E-state index in [2.05, 4.69) is 38.7 Å². The molecular weight excluding hydrogens is 320 g/mol. The number of hydrogen-bond donors (Lipinski definition) is 2. The van der Waals surface area contributed by atoms with Crippen LogP contribution in [0.25, 0.3) is 0 Å². The molecule has 1 amide bonds. The Bertz CT molecular complexity index is 453. The van der Waals surface area contributed by atoms with E-state index >= 15 is 0 Å². The van der Waals surface area contributed by atoms with E-state index in [0.29, 0.717) is 19.1 Å². The van der Waals surface area contributed by atoms with Crippen molar-refractivity contribution in [2.75, 3.05) is 33.4 Å². The molecule has 1 aliphatic rings. The number of benzene rings is 1. The highest BCUT2D eigenvalue weighted by molar-refractivity contribution is 9.10. The maximum absolute atomic E-state index is 12.0. The van der Waals surface area contributed by atoms with Gasteiger partial charge in [0.1, 0.15) is 0 Å². The normalized spacial score (nSPS) is 20.7. The monoisotopic (exact) mass is 340 g/mol. The van der Waals surface area contributed by atoms with E-state index in [4.69, 9.17) is 4.74 Å². The van der Waals surface area contributed by atoms with E-state index in [-0.39, 0.29) is 11.8 Å². The van der Waals surface area contributed by atoms with Crippen molar-refractivity contribution in [2.45, 2.75) is 12.3 Å². The summed E-state index contributed by atoms with van der Waals surface area (Å²) in [6.07, 6.45) is 0.958. The summed E-state index contributed by atoms with van der Waals surface area (Å²) in [5, 5.41) is 6.19. The van der Waals surface area contributed by atoms with Crippen LogP contribution >= 0.6 is 15.9 Å². The minimum absolute atomic E-state index is 0.142. The minimum atomic E-state index is 0.142. The molecule has 1 saturated carbocycles. The topological polar surface area (TPSA) is 50.4 Å². The maximum atomic E-state index is 12.0. The first kappa shape index (κ1) is 15.5. The van der Waals surface area contributed by atoms with Gasteiger partial charge in [-0.2, -0.15) is 0 Å². The van der Waals surface area contributed by atoms with Crippen LogP contribution in [0.2, 0.25) is 0 Å². The molecule has 2 atom stereocenters. The number of nitrogens with one attached hydrogen (secondary N) is 2. The molecule has 2 rings (SSSR count). The van der Waals surface area contributed by atoms with Crippen molar-refractivity contribution < 1.29 is 9.53 Å². The minimum Gasteiger partial charge on any atom is -0.383 e. The van der Waals surface area contributed by atoms with Crippen LogP contribution in [0.15, 0.2) is 28.7 Å². The van der Waals surface area contributed by atoms with Gasteiger partial charge in [-0.05, 0) is 30.0 Å². The predicted molar refractivity (Wildman–Crippen MR) is 82.7 cm³/mol. The number of hydrogen-bond acceptors (Lipinski definition) is 3. The lowest BCUT2D eigenvalue weighted by atomic mass is 10.1. The third-order valence-corrected chi connectivity index (χ3v) is 3.98. The summed E-state index contributed by atoms with van der Waals surface area (Å²) in [6, 6.07) is 8.22. The standard InChI is InChI=1S/C15H21BrN2O2/c1-20-8-7-17-5-6-18-15(19)14-10-13(14)11-3-2-4-12(16)9-11/h2-4,9,13-14,17H,5-8,10H2,1H3,(H,18,19). The number of methoxy groups -OCH3 is 1. The highest BCUT2D eigenvalue weighted by atomic mass is 79.9. The van der Waals surface area contributed by atoms with E-state index in [1.807, 2.05) is 12.1 Å². The summed E-state index contributed by atoms with van der Waals surface area (Å²) < 4.78 is 6.01. The molecule has 0 aromatic heterocycles. The zero-order valence-electron chi connectivity index (χ0n) is 11.7. The van der Waals surface area contributed by atoms with Gasteiger partial charge >= 0.3 is 0 Å². The molecule has 1 aromatic rings. The van der Waals surface area contributed by atoms with E-state index in [9.17, 15) is 4.79 Å². The van der Waals surface area contributed by atoms with E-state index in [1.54, 1.807) is 7.11 Å². The molecule has 0 heterocycles. The van der Waals surface area contributed by atoms with Crippen LogP contribution in [0.5, 0.6) is 0 Å². The SMILES string of the molecule is COCCNCCNC(=O)C1CC1c1cccc(Br)c1. The Labute approximate surface area is 128 Å². The first-order chi connectivity index (χ1) is 9.72. The van der Waals surface area contributed by atoms with Gasteiger partial charge in [-0.15, -0.1) is 0 Å². The van der Waals surface area contributed by atoms with Gasteiger partial charge in [0.05, 0.1) is 6.61 Å². The van der Waals surface area contributed by atoms with Gasteiger partial charge in [0.25, 0.3) is 0 Å². The van der Waals surface area contributed by atoms with Crippen LogP contribution in [0.1, 0.15) is 17.9 Å². The summed E-state index contributed by atoms with van der Waals surface area (Å²) in [5.41, 5.74) is 1.25. The lowest BCUT2D eigenvalue weighted by Crippen LogP contribution is -2.34. The Balaban J connectivity index is 1.66. The lowest BCUT2D eigenvalue weighted by Gasteiger charge is -2.06. The molecule has 4 nitrogen and oxygen atoms in total. The molecule has 1 aliphatic carbocycles. The number of amides is 1. The van der Waals surface area contributed by atoms with Crippen molar-refractivity contribution in [2.24, 2.45) is 5.92 Å². The van der Waals surface area contributed by atoms with Gasteiger partial charge in [-0.3, -0.25) is 4.79 Å². The summed E-state index contributed by atoms with van der Waals surface area (Å²) in [5.74, 6) is 0.695. The highest BCUT2D eigenvalue weighted by Crippen LogP contribution is 2.47. The van der Waals surface area contributed by atoms with E-state index < -0.39 is 0 Å². The smallest absolute Gasteiger partial charge is 0.223 e. The number of rotatable bonds is 8. The molecule has 0 bridgehead atoms. The number of carbonyl (C=O) groups is 1. The van der Waals surface area contributed by atoms with Crippen LogP contribution in [0.3, 0.4) is 0 Å². The summed E-state index contributed by atoms with van der Waals surface area (Å²) >= 11 is 3.47. The maximum Gasteiger partial charge on any atom is 0.223 e. The van der Waals surface area contributed by atoms with Gasteiger partial charge in [-0.25, -0.2) is 0 Å². The Morgan fingerprint density at radius 1 is 1.40 bits per heavy atom. The second-order valence-corrected chi connectivity index (χ2v) is 5.95. The van der Waals surface area contributed by atoms with Crippen LogP contribution in [-0.2, 0) is 9.53 Å². The van der Waals surface area contributed by atoms with Crippen LogP contribution in [0.4, 0.5) is 0 Å². The molecule has 110 valence electrons. The average Bonchev–Trinajstić information content (AvgIpc) is 3.23. The number of ether oxygens (including phenoxy) is 1. The van der Waals surface area contributed by atoms with Gasteiger partial charge in [-0.1, -0.05) is 28.1 Å². The van der Waals surface area contributed by atoms with Crippen LogP contribution in [0, 0.1) is 5.92 Å².